The average molecular weight is 242 g/mol. The Bertz CT molecular complexity index is 416. The van der Waals surface area contributed by atoms with Gasteiger partial charge in [-0.2, -0.15) is 4.39 Å². The second-order valence-electron chi connectivity index (χ2n) is 4.49. The molecule has 0 saturated heterocycles. The molecule has 0 radical (unpaired) electrons. The van der Waals surface area contributed by atoms with Crippen molar-refractivity contribution in [3.8, 4) is 0 Å². The van der Waals surface area contributed by atoms with Crippen molar-refractivity contribution in [3.05, 3.63) is 39.7 Å². The van der Waals surface area contributed by atoms with Gasteiger partial charge in [0.2, 0.25) is 5.82 Å². The van der Waals surface area contributed by atoms with Crippen LogP contribution in [-0.2, 0) is 11.3 Å². The van der Waals surface area contributed by atoms with Crippen molar-refractivity contribution in [2.24, 2.45) is 5.73 Å². The molecule has 0 saturated carbocycles. The molecule has 0 atom stereocenters. The van der Waals surface area contributed by atoms with E-state index in [2.05, 4.69) is 0 Å². The molecule has 0 spiro atoms. The lowest BCUT2D eigenvalue weighted by atomic mass is 10.1. The molecule has 0 aromatic heterocycles. The number of benzene rings is 1. The van der Waals surface area contributed by atoms with Gasteiger partial charge in [0.1, 0.15) is 0 Å². The maximum absolute atomic E-state index is 13.6. The van der Waals surface area contributed by atoms with Gasteiger partial charge in [0.25, 0.3) is 0 Å². The second-order valence-corrected chi connectivity index (χ2v) is 4.49. The lowest BCUT2D eigenvalue weighted by Crippen LogP contribution is -2.37. The fourth-order valence-electron chi connectivity index (χ4n) is 1.24. The SMILES string of the molecule is CC(C)(N)COCc1cccc([N+](=O)[O-])c1F. The predicted octanol–water partition coefficient (Wildman–Crippen LogP) is 1.99. The van der Waals surface area contributed by atoms with Gasteiger partial charge in [-0.15, -0.1) is 0 Å². The van der Waals surface area contributed by atoms with Crippen LogP contribution in [0.1, 0.15) is 19.4 Å². The van der Waals surface area contributed by atoms with Gasteiger partial charge < -0.3 is 10.5 Å². The summed E-state index contributed by atoms with van der Waals surface area (Å²) >= 11 is 0. The van der Waals surface area contributed by atoms with E-state index in [4.69, 9.17) is 10.5 Å². The zero-order valence-electron chi connectivity index (χ0n) is 9.77. The molecule has 1 aromatic rings. The van der Waals surface area contributed by atoms with Gasteiger partial charge in [-0.05, 0) is 13.8 Å². The Balaban J connectivity index is 2.72. The van der Waals surface area contributed by atoms with E-state index in [0.29, 0.717) is 0 Å². The van der Waals surface area contributed by atoms with Crippen molar-refractivity contribution in [3.63, 3.8) is 0 Å². The van der Waals surface area contributed by atoms with E-state index in [1.54, 1.807) is 13.8 Å². The highest BCUT2D eigenvalue weighted by Gasteiger charge is 2.18. The van der Waals surface area contributed by atoms with Crippen molar-refractivity contribution < 1.29 is 14.1 Å². The number of hydrogen-bond acceptors (Lipinski definition) is 4. The molecule has 6 heteroatoms. The van der Waals surface area contributed by atoms with Gasteiger partial charge in [-0.3, -0.25) is 10.1 Å². The van der Waals surface area contributed by atoms with Gasteiger partial charge in [-0.1, -0.05) is 12.1 Å². The lowest BCUT2D eigenvalue weighted by Gasteiger charge is -2.18. The standard InChI is InChI=1S/C11H15FN2O3/c1-11(2,13)7-17-6-8-4-3-5-9(10(8)12)14(15)16/h3-5H,6-7,13H2,1-2H3. The second kappa shape index (κ2) is 5.20. The minimum Gasteiger partial charge on any atom is -0.375 e. The molecule has 0 amide bonds. The molecule has 0 aliphatic rings. The van der Waals surface area contributed by atoms with Crippen LogP contribution in [-0.4, -0.2) is 17.1 Å². The zero-order valence-corrected chi connectivity index (χ0v) is 9.77. The van der Waals surface area contributed by atoms with Crippen LogP contribution in [0.4, 0.5) is 10.1 Å². The molecular formula is C11H15FN2O3. The molecule has 0 bridgehead atoms. The molecular weight excluding hydrogens is 227 g/mol. The topological polar surface area (TPSA) is 78.4 Å². The van der Waals surface area contributed by atoms with E-state index >= 15 is 0 Å². The molecule has 94 valence electrons. The molecule has 0 aliphatic carbocycles. The van der Waals surface area contributed by atoms with E-state index < -0.39 is 22.0 Å². The maximum Gasteiger partial charge on any atom is 0.305 e. The summed E-state index contributed by atoms with van der Waals surface area (Å²) in [4.78, 5) is 9.75. The molecule has 0 aliphatic heterocycles. The fourth-order valence-corrected chi connectivity index (χ4v) is 1.24. The summed E-state index contributed by atoms with van der Waals surface area (Å²) in [5, 5.41) is 10.5. The first-order valence-corrected chi connectivity index (χ1v) is 5.09. The molecule has 5 nitrogen and oxygen atoms in total. The molecule has 1 aromatic carbocycles. The number of rotatable bonds is 5. The van der Waals surface area contributed by atoms with Crippen LogP contribution in [0.3, 0.4) is 0 Å². The number of nitro groups is 1. The van der Waals surface area contributed by atoms with Gasteiger partial charge in [0.05, 0.1) is 18.1 Å². The Hall–Kier alpha value is -1.53. The first kappa shape index (κ1) is 13.5. The van der Waals surface area contributed by atoms with Crippen LogP contribution in [0.2, 0.25) is 0 Å². The van der Waals surface area contributed by atoms with Crippen LogP contribution in [0.5, 0.6) is 0 Å². The normalized spacial score (nSPS) is 11.5. The number of halogens is 1. The minimum absolute atomic E-state index is 0.0336. The van der Waals surface area contributed by atoms with Crippen LogP contribution in [0, 0.1) is 15.9 Å². The number of nitrogens with zero attached hydrogens (tertiary/aromatic N) is 1. The predicted molar refractivity (Wildman–Crippen MR) is 61.0 cm³/mol. The summed E-state index contributed by atoms with van der Waals surface area (Å²) in [7, 11) is 0. The van der Waals surface area contributed by atoms with Crippen molar-refractivity contribution in [1.29, 1.82) is 0 Å². The largest absolute Gasteiger partial charge is 0.375 e. The van der Waals surface area contributed by atoms with Gasteiger partial charge in [-0.25, -0.2) is 0 Å². The Morgan fingerprint density at radius 2 is 2.18 bits per heavy atom. The van der Waals surface area contributed by atoms with E-state index in [0.717, 1.165) is 6.07 Å². The summed E-state index contributed by atoms with van der Waals surface area (Å²) in [6.45, 7) is 3.76. The third-order valence-electron chi connectivity index (χ3n) is 1.99. The van der Waals surface area contributed by atoms with Crippen molar-refractivity contribution in [2.75, 3.05) is 6.61 Å². The quantitative estimate of drug-likeness (QED) is 0.632. The molecule has 0 unspecified atom stereocenters. The molecule has 2 N–H and O–H groups in total. The highest BCUT2D eigenvalue weighted by molar-refractivity contribution is 5.36. The molecule has 17 heavy (non-hydrogen) atoms. The van der Waals surface area contributed by atoms with Crippen molar-refractivity contribution >= 4 is 5.69 Å². The monoisotopic (exact) mass is 242 g/mol. The van der Waals surface area contributed by atoms with Gasteiger partial charge >= 0.3 is 5.69 Å². The average Bonchev–Trinajstić information content (AvgIpc) is 2.18. The number of nitro benzene ring substituents is 1. The van der Waals surface area contributed by atoms with E-state index in [-0.39, 0.29) is 18.8 Å². The van der Waals surface area contributed by atoms with Crippen molar-refractivity contribution in [2.45, 2.75) is 26.0 Å². The Labute approximate surface area is 98.5 Å². The van der Waals surface area contributed by atoms with Gasteiger partial charge in [0.15, 0.2) is 0 Å². The third kappa shape index (κ3) is 4.08. The van der Waals surface area contributed by atoms with E-state index in [9.17, 15) is 14.5 Å². The first-order chi connectivity index (χ1) is 7.81. The smallest absolute Gasteiger partial charge is 0.305 e. The van der Waals surface area contributed by atoms with Crippen LogP contribution < -0.4 is 5.73 Å². The maximum atomic E-state index is 13.6. The Kier molecular flexibility index (Phi) is 4.14. The zero-order chi connectivity index (χ0) is 13.1. The Morgan fingerprint density at radius 3 is 2.71 bits per heavy atom. The summed E-state index contributed by atoms with van der Waals surface area (Å²) < 4.78 is 18.8. The summed E-state index contributed by atoms with van der Waals surface area (Å²) in [6.07, 6.45) is 0. The van der Waals surface area contributed by atoms with Gasteiger partial charge in [0, 0.05) is 17.2 Å². The highest BCUT2D eigenvalue weighted by atomic mass is 19.1. The van der Waals surface area contributed by atoms with E-state index in [1.807, 2.05) is 0 Å². The summed E-state index contributed by atoms with van der Waals surface area (Å²) in [6, 6.07) is 3.99. The third-order valence-corrected chi connectivity index (χ3v) is 1.99. The van der Waals surface area contributed by atoms with Crippen LogP contribution in [0.25, 0.3) is 0 Å². The molecule has 1 rings (SSSR count). The highest BCUT2D eigenvalue weighted by Crippen LogP contribution is 2.20. The summed E-state index contributed by atoms with van der Waals surface area (Å²) in [5.74, 6) is -0.854. The molecule has 0 fully saturated rings. The van der Waals surface area contributed by atoms with Crippen LogP contribution in [0.15, 0.2) is 18.2 Å². The molecule has 0 heterocycles. The Morgan fingerprint density at radius 1 is 1.53 bits per heavy atom. The lowest BCUT2D eigenvalue weighted by molar-refractivity contribution is -0.387. The van der Waals surface area contributed by atoms with Crippen LogP contribution >= 0.6 is 0 Å². The fraction of sp³-hybridized carbons (Fsp3) is 0.455. The van der Waals surface area contributed by atoms with E-state index in [1.165, 1.54) is 12.1 Å². The number of nitrogens with two attached hydrogens (primary N) is 1. The minimum atomic E-state index is -0.854. The van der Waals surface area contributed by atoms with Crippen molar-refractivity contribution in [1.82, 2.24) is 0 Å². The number of ether oxygens (including phenoxy) is 1. The summed E-state index contributed by atoms with van der Waals surface area (Å²) in [5.41, 5.74) is 4.78. The number of hydrogen-bond donors (Lipinski definition) is 1. The first-order valence-electron chi connectivity index (χ1n) is 5.09.